The molecule has 0 bridgehead atoms. The molecule has 4 aromatic carbocycles. The van der Waals surface area contributed by atoms with E-state index in [-0.39, 0.29) is 5.97 Å². The molecule has 0 atom stereocenters. The van der Waals surface area contributed by atoms with Crippen molar-refractivity contribution in [3.05, 3.63) is 83.9 Å². The monoisotopic (exact) mass is 599 g/mol. The fourth-order valence-electron chi connectivity index (χ4n) is 5.13. The Hall–Kier alpha value is -4.56. The molecule has 4 aromatic rings. The number of ether oxygens (including phenoxy) is 5. The lowest BCUT2D eigenvalue weighted by Crippen LogP contribution is -2.25. The summed E-state index contributed by atoms with van der Waals surface area (Å²) in [5, 5.41) is 3.90. The van der Waals surface area contributed by atoms with Gasteiger partial charge in [0.15, 0.2) is 11.5 Å². The zero-order chi connectivity index (χ0) is 31.3. The Kier molecular flexibility index (Phi) is 12.0. The molecule has 232 valence electrons. The molecule has 44 heavy (non-hydrogen) atoms. The molecule has 0 spiro atoms. The van der Waals surface area contributed by atoms with Gasteiger partial charge in [0.1, 0.15) is 6.61 Å². The van der Waals surface area contributed by atoms with Crippen LogP contribution in [0.3, 0.4) is 0 Å². The highest BCUT2D eigenvalue weighted by Crippen LogP contribution is 2.38. The maximum Gasteiger partial charge on any atom is 0.339 e. The van der Waals surface area contributed by atoms with E-state index < -0.39 is 5.97 Å². The van der Waals surface area contributed by atoms with Crippen LogP contribution in [-0.2, 0) is 14.3 Å². The van der Waals surface area contributed by atoms with Crippen LogP contribution < -0.4 is 14.2 Å². The molecule has 0 saturated carbocycles. The molecule has 0 fully saturated rings. The molecular weight excluding hydrogens is 558 g/mol. The number of hydrogen-bond acceptors (Lipinski definition) is 8. The summed E-state index contributed by atoms with van der Waals surface area (Å²) in [6.07, 6.45) is 6.85. The maximum atomic E-state index is 13.1. The quantitative estimate of drug-likeness (QED) is 0.0594. The topological polar surface area (TPSA) is 83.5 Å². The molecular formula is C36H41NO7. The average Bonchev–Trinajstić information content (AvgIpc) is 3.04. The fourth-order valence-corrected chi connectivity index (χ4v) is 5.13. The Morgan fingerprint density at radius 2 is 1.32 bits per heavy atom. The van der Waals surface area contributed by atoms with E-state index >= 15 is 0 Å². The standard InChI is InChI=1S/C36H41NO7/c1-37(20-22-43-33(38)18-17-26-23-31(40-2)35(42-4)32(24-26)41-3)19-11-5-6-12-21-44-36(39)34-29-15-9-7-13-27(29)25-28-14-8-10-16-30(28)34/h7-10,13-18,23-25H,5-6,11-12,19-22H2,1-4H3/b18-17+. The number of nitrogens with zero attached hydrogens (tertiary/aromatic N) is 1. The smallest absolute Gasteiger partial charge is 0.339 e. The van der Waals surface area contributed by atoms with E-state index in [1.54, 1.807) is 39.5 Å². The Morgan fingerprint density at radius 3 is 1.93 bits per heavy atom. The average molecular weight is 600 g/mol. The summed E-state index contributed by atoms with van der Waals surface area (Å²) in [6, 6.07) is 21.5. The highest BCUT2D eigenvalue weighted by atomic mass is 16.5. The minimum absolute atomic E-state index is 0.273. The number of hydrogen-bond donors (Lipinski definition) is 0. The Balaban J connectivity index is 1.12. The van der Waals surface area contributed by atoms with E-state index in [9.17, 15) is 9.59 Å². The van der Waals surface area contributed by atoms with Gasteiger partial charge in [-0.2, -0.15) is 0 Å². The number of esters is 2. The summed E-state index contributed by atoms with van der Waals surface area (Å²) in [5.74, 6) is 0.824. The van der Waals surface area contributed by atoms with E-state index in [2.05, 4.69) is 11.0 Å². The van der Waals surface area contributed by atoms with Gasteiger partial charge >= 0.3 is 11.9 Å². The van der Waals surface area contributed by atoms with E-state index in [1.165, 1.54) is 6.08 Å². The first-order valence-electron chi connectivity index (χ1n) is 14.9. The van der Waals surface area contributed by atoms with Crippen molar-refractivity contribution in [2.75, 3.05) is 54.7 Å². The number of carbonyl (C=O) groups excluding carboxylic acids is 2. The molecule has 0 N–H and O–H groups in total. The molecule has 8 nitrogen and oxygen atoms in total. The Bertz CT molecular complexity index is 1520. The minimum atomic E-state index is -0.418. The molecule has 8 heteroatoms. The molecule has 0 saturated heterocycles. The van der Waals surface area contributed by atoms with Gasteiger partial charge in [-0.1, -0.05) is 61.4 Å². The van der Waals surface area contributed by atoms with Gasteiger partial charge in [0.05, 0.1) is 33.5 Å². The lowest BCUT2D eigenvalue weighted by atomic mass is 9.97. The van der Waals surface area contributed by atoms with Gasteiger partial charge in [0.25, 0.3) is 0 Å². The van der Waals surface area contributed by atoms with Crippen molar-refractivity contribution in [3.63, 3.8) is 0 Å². The van der Waals surface area contributed by atoms with Gasteiger partial charge in [-0.05, 0) is 77.8 Å². The number of benzene rings is 4. The summed E-state index contributed by atoms with van der Waals surface area (Å²) in [7, 11) is 6.64. The zero-order valence-corrected chi connectivity index (χ0v) is 26.0. The van der Waals surface area contributed by atoms with Crippen molar-refractivity contribution in [2.24, 2.45) is 0 Å². The summed E-state index contributed by atoms with van der Waals surface area (Å²) >= 11 is 0. The predicted octanol–water partition coefficient (Wildman–Crippen LogP) is 6.92. The van der Waals surface area contributed by atoms with Crippen LogP contribution in [0.15, 0.2) is 72.8 Å². The third-order valence-corrected chi connectivity index (χ3v) is 7.46. The van der Waals surface area contributed by atoms with Gasteiger partial charge in [0, 0.05) is 12.6 Å². The number of unbranched alkanes of at least 4 members (excludes halogenated alkanes) is 3. The first-order chi connectivity index (χ1) is 21.4. The normalized spacial score (nSPS) is 11.3. The Labute approximate surface area is 259 Å². The van der Waals surface area contributed by atoms with E-state index in [1.807, 2.05) is 55.6 Å². The first-order valence-corrected chi connectivity index (χ1v) is 14.9. The van der Waals surface area contributed by atoms with Gasteiger partial charge in [-0.3, -0.25) is 0 Å². The van der Waals surface area contributed by atoms with E-state index in [4.69, 9.17) is 23.7 Å². The van der Waals surface area contributed by atoms with Gasteiger partial charge in [-0.25, -0.2) is 9.59 Å². The molecule has 0 radical (unpaired) electrons. The molecule has 0 heterocycles. The van der Waals surface area contributed by atoms with Gasteiger partial charge < -0.3 is 28.6 Å². The lowest BCUT2D eigenvalue weighted by molar-refractivity contribution is -0.138. The summed E-state index contributed by atoms with van der Waals surface area (Å²) in [5.41, 5.74) is 1.36. The van der Waals surface area contributed by atoms with Gasteiger partial charge in [0.2, 0.25) is 5.75 Å². The molecule has 0 aromatic heterocycles. The molecule has 0 aliphatic rings. The predicted molar refractivity (Wildman–Crippen MR) is 174 cm³/mol. The Morgan fingerprint density at radius 1 is 0.705 bits per heavy atom. The van der Waals surface area contributed by atoms with Crippen molar-refractivity contribution < 1.29 is 33.3 Å². The van der Waals surface area contributed by atoms with Crippen LogP contribution >= 0.6 is 0 Å². The number of rotatable bonds is 16. The van der Waals surface area contributed by atoms with Crippen molar-refractivity contribution in [1.29, 1.82) is 0 Å². The molecule has 0 aliphatic carbocycles. The van der Waals surface area contributed by atoms with Crippen molar-refractivity contribution in [2.45, 2.75) is 25.7 Å². The second-order valence-corrected chi connectivity index (χ2v) is 10.5. The second kappa shape index (κ2) is 16.3. The summed E-state index contributed by atoms with van der Waals surface area (Å²) in [6.45, 7) is 2.22. The third kappa shape index (κ3) is 8.51. The van der Waals surface area contributed by atoms with Crippen molar-refractivity contribution in [3.8, 4) is 17.2 Å². The van der Waals surface area contributed by atoms with Crippen LogP contribution in [0, 0.1) is 0 Å². The van der Waals surface area contributed by atoms with Crippen molar-refractivity contribution >= 4 is 39.6 Å². The minimum Gasteiger partial charge on any atom is -0.493 e. The maximum absolute atomic E-state index is 13.1. The third-order valence-electron chi connectivity index (χ3n) is 7.46. The largest absolute Gasteiger partial charge is 0.493 e. The number of likely N-dealkylation sites (N-methyl/N-ethyl adjacent to an activating group) is 1. The van der Waals surface area contributed by atoms with Crippen LogP contribution in [0.4, 0.5) is 0 Å². The van der Waals surface area contributed by atoms with Crippen LogP contribution in [0.1, 0.15) is 41.6 Å². The van der Waals surface area contributed by atoms with E-state index in [0.717, 1.165) is 59.3 Å². The highest BCUT2D eigenvalue weighted by Gasteiger charge is 2.16. The molecule has 0 aliphatic heterocycles. The number of carbonyl (C=O) groups is 2. The molecule has 4 rings (SSSR count). The van der Waals surface area contributed by atoms with Crippen LogP contribution in [-0.4, -0.2) is 71.5 Å². The molecule has 0 amide bonds. The summed E-state index contributed by atoms with van der Waals surface area (Å²) in [4.78, 5) is 27.5. The molecule has 0 unspecified atom stereocenters. The van der Waals surface area contributed by atoms with Crippen LogP contribution in [0.5, 0.6) is 17.2 Å². The number of methoxy groups -OCH3 is 3. The van der Waals surface area contributed by atoms with Crippen molar-refractivity contribution in [1.82, 2.24) is 4.90 Å². The zero-order valence-electron chi connectivity index (χ0n) is 26.0. The number of fused-ring (bicyclic) bond motifs is 2. The van der Waals surface area contributed by atoms with Crippen LogP contribution in [0.2, 0.25) is 0 Å². The SMILES string of the molecule is COc1cc(/C=C/C(=O)OCCN(C)CCCCCCOC(=O)c2c3ccccc3cc3ccccc23)cc(OC)c1OC. The first kappa shape index (κ1) is 32.4. The highest BCUT2D eigenvalue weighted by molar-refractivity contribution is 6.16. The van der Waals surface area contributed by atoms with Crippen LogP contribution in [0.25, 0.3) is 27.6 Å². The second-order valence-electron chi connectivity index (χ2n) is 10.5. The fraction of sp³-hybridized carbons (Fsp3) is 0.333. The summed E-state index contributed by atoms with van der Waals surface area (Å²) < 4.78 is 27.1. The lowest BCUT2D eigenvalue weighted by Gasteiger charge is -2.16. The van der Waals surface area contributed by atoms with E-state index in [0.29, 0.717) is 42.6 Å². The van der Waals surface area contributed by atoms with Gasteiger partial charge in [-0.15, -0.1) is 0 Å².